The Kier molecular flexibility index (Phi) is 6.42. The highest BCUT2D eigenvalue weighted by Gasteiger charge is 2.21. The van der Waals surface area contributed by atoms with Crippen LogP contribution in [0, 0.1) is 6.92 Å². The summed E-state index contributed by atoms with van der Waals surface area (Å²) in [5.74, 6) is -0.780. The van der Waals surface area contributed by atoms with Gasteiger partial charge in [0, 0.05) is 10.6 Å². The van der Waals surface area contributed by atoms with Crippen LogP contribution in [0.1, 0.15) is 29.2 Å². The van der Waals surface area contributed by atoms with E-state index in [1.165, 1.54) is 7.11 Å². The maximum absolute atomic E-state index is 12.5. The SMILES string of the molecule is COc1cccc(Cl)c1CC(=O)NC(CC(=O)O)c1ccccc1C. The summed E-state index contributed by atoms with van der Waals surface area (Å²) in [7, 11) is 1.51. The standard InChI is InChI=1S/C19H20ClNO4/c1-12-6-3-4-7-13(12)16(11-19(23)24)21-18(22)10-14-15(20)8-5-9-17(14)25-2/h3-9,16H,10-11H2,1-2H3,(H,21,22)(H,23,24). The van der Waals surface area contributed by atoms with Gasteiger partial charge in [-0.1, -0.05) is 41.9 Å². The van der Waals surface area contributed by atoms with Crippen molar-refractivity contribution in [2.24, 2.45) is 0 Å². The van der Waals surface area contributed by atoms with Crippen LogP contribution in [-0.2, 0) is 16.0 Å². The van der Waals surface area contributed by atoms with Crippen LogP contribution in [0.4, 0.5) is 0 Å². The topological polar surface area (TPSA) is 75.6 Å². The van der Waals surface area contributed by atoms with E-state index >= 15 is 0 Å². The van der Waals surface area contributed by atoms with Crippen LogP contribution in [0.25, 0.3) is 0 Å². The number of nitrogens with one attached hydrogen (secondary N) is 1. The summed E-state index contributed by atoms with van der Waals surface area (Å²) < 4.78 is 5.24. The number of carboxylic acids is 1. The van der Waals surface area contributed by atoms with E-state index in [9.17, 15) is 14.7 Å². The molecule has 2 aromatic carbocycles. The van der Waals surface area contributed by atoms with E-state index in [0.717, 1.165) is 11.1 Å². The van der Waals surface area contributed by atoms with Gasteiger partial charge in [0.15, 0.2) is 0 Å². The molecule has 0 aliphatic carbocycles. The normalized spacial score (nSPS) is 11.6. The zero-order chi connectivity index (χ0) is 18.4. The molecular weight excluding hydrogens is 342 g/mol. The number of carbonyl (C=O) groups is 2. The third kappa shape index (κ3) is 4.97. The lowest BCUT2D eigenvalue weighted by atomic mass is 9.98. The monoisotopic (exact) mass is 361 g/mol. The van der Waals surface area contributed by atoms with Gasteiger partial charge in [0.05, 0.1) is 26.0 Å². The Morgan fingerprint density at radius 2 is 1.92 bits per heavy atom. The molecule has 132 valence electrons. The van der Waals surface area contributed by atoms with Gasteiger partial charge in [-0.25, -0.2) is 0 Å². The Morgan fingerprint density at radius 1 is 1.20 bits per heavy atom. The van der Waals surface area contributed by atoms with Gasteiger partial charge in [-0.2, -0.15) is 0 Å². The van der Waals surface area contributed by atoms with Crippen LogP contribution in [0.5, 0.6) is 5.75 Å². The van der Waals surface area contributed by atoms with E-state index < -0.39 is 12.0 Å². The Bertz CT molecular complexity index is 776. The van der Waals surface area contributed by atoms with Crippen LogP contribution >= 0.6 is 11.6 Å². The molecule has 2 N–H and O–H groups in total. The van der Waals surface area contributed by atoms with E-state index in [1.807, 2.05) is 31.2 Å². The number of rotatable bonds is 7. The number of benzene rings is 2. The predicted octanol–water partition coefficient (Wildman–Crippen LogP) is 3.53. The van der Waals surface area contributed by atoms with Crippen molar-refractivity contribution in [2.75, 3.05) is 7.11 Å². The Morgan fingerprint density at radius 3 is 2.56 bits per heavy atom. The molecule has 0 radical (unpaired) electrons. The Labute approximate surface area is 151 Å². The molecule has 25 heavy (non-hydrogen) atoms. The van der Waals surface area contributed by atoms with Crippen molar-refractivity contribution in [3.8, 4) is 5.75 Å². The number of aliphatic carboxylic acids is 1. The molecular formula is C19H20ClNO4. The lowest BCUT2D eigenvalue weighted by Gasteiger charge is -2.20. The molecule has 0 spiro atoms. The van der Waals surface area contributed by atoms with E-state index in [4.69, 9.17) is 16.3 Å². The van der Waals surface area contributed by atoms with Crippen LogP contribution in [0.3, 0.4) is 0 Å². The van der Waals surface area contributed by atoms with Crippen LogP contribution < -0.4 is 10.1 Å². The summed E-state index contributed by atoms with van der Waals surface area (Å²) in [6, 6.07) is 11.9. The van der Waals surface area contributed by atoms with Crippen molar-refractivity contribution in [3.05, 3.63) is 64.2 Å². The second-order valence-electron chi connectivity index (χ2n) is 5.67. The minimum Gasteiger partial charge on any atom is -0.496 e. The first-order valence-corrected chi connectivity index (χ1v) is 8.18. The number of hydrogen-bond donors (Lipinski definition) is 2. The zero-order valence-electron chi connectivity index (χ0n) is 14.1. The summed E-state index contributed by atoms with van der Waals surface area (Å²) in [4.78, 5) is 23.7. The van der Waals surface area contributed by atoms with Crippen LogP contribution in [-0.4, -0.2) is 24.1 Å². The number of ether oxygens (including phenoxy) is 1. The molecule has 0 saturated carbocycles. The molecule has 2 rings (SSSR count). The fourth-order valence-corrected chi connectivity index (χ4v) is 2.93. The van der Waals surface area contributed by atoms with E-state index in [-0.39, 0.29) is 18.7 Å². The fraction of sp³-hybridized carbons (Fsp3) is 0.263. The second-order valence-corrected chi connectivity index (χ2v) is 6.08. The Hall–Kier alpha value is -2.53. The van der Waals surface area contributed by atoms with Crippen LogP contribution in [0.15, 0.2) is 42.5 Å². The predicted molar refractivity (Wildman–Crippen MR) is 96.0 cm³/mol. The summed E-state index contributed by atoms with van der Waals surface area (Å²) >= 11 is 6.16. The molecule has 0 bridgehead atoms. The van der Waals surface area contributed by atoms with Gasteiger partial charge in [-0.15, -0.1) is 0 Å². The second kappa shape index (κ2) is 8.53. The molecule has 5 nitrogen and oxygen atoms in total. The van der Waals surface area contributed by atoms with Crippen LogP contribution in [0.2, 0.25) is 5.02 Å². The molecule has 0 aliphatic heterocycles. The molecule has 1 atom stereocenters. The number of halogens is 1. The average molecular weight is 362 g/mol. The van der Waals surface area contributed by atoms with E-state index in [1.54, 1.807) is 18.2 Å². The average Bonchev–Trinajstić information content (AvgIpc) is 2.56. The van der Waals surface area contributed by atoms with Crippen molar-refractivity contribution in [1.29, 1.82) is 0 Å². The van der Waals surface area contributed by atoms with Gasteiger partial charge < -0.3 is 15.2 Å². The number of carbonyl (C=O) groups excluding carboxylic acids is 1. The fourth-order valence-electron chi connectivity index (χ4n) is 2.70. The highest BCUT2D eigenvalue weighted by molar-refractivity contribution is 6.31. The number of amides is 1. The van der Waals surface area contributed by atoms with E-state index in [2.05, 4.69) is 5.32 Å². The first-order chi connectivity index (χ1) is 11.9. The summed E-state index contributed by atoms with van der Waals surface area (Å²) in [5.41, 5.74) is 2.27. The zero-order valence-corrected chi connectivity index (χ0v) is 14.8. The molecule has 6 heteroatoms. The van der Waals surface area contributed by atoms with Gasteiger partial charge >= 0.3 is 5.97 Å². The first-order valence-electron chi connectivity index (χ1n) is 7.80. The molecule has 1 amide bonds. The molecule has 0 fully saturated rings. The highest BCUT2D eigenvalue weighted by Crippen LogP contribution is 2.27. The third-order valence-corrected chi connectivity index (χ3v) is 4.27. The summed E-state index contributed by atoms with van der Waals surface area (Å²) in [6.45, 7) is 1.88. The molecule has 0 saturated heterocycles. The summed E-state index contributed by atoms with van der Waals surface area (Å²) in [5, 5.41) is 12.4. The molecule has 0 aliphatic rings. The van der Waals surface area contributed by atoms with Gasteiger partial charge in [0.25, 0.3) is 0 Å². The number of carboxylic acid groups (broad SMARTS) is 1. The number of aryl methyl sites for hydroxylation is 1. The lowest BCUT2D eigenvalue weighted by molar-refractivity contribution is -0.137. The van der Waals surface area contributed by atoms with Gasteiger partial charge in [0.1, 0.15) is 5.75 Å². The number of methoxy groups -OCH3 is 1. The van der Waals surface area contributed by atoms with Crippen molar-refractivity contribution in [1.82, 2.24) is 5.32 Å². The largest absolute Gasteiger partial charge is 0.496 e. The lowest BCUT2D eigenvalue weighted by Crippen LogP contribution is -2.32. The van der Waals surface area contributed by atoms with Gasteiger partial charge in [-0.05, 0) is 30.2 Å². The minimum atomic E-state index is -0.983. The van der Waals surface area contributed by atoms with E-state index in [0.29, 0.717) is 16.3 Å². The quantitative estimate of drug-likeness (QED) is 0.791. The molecule has 2 aromatic rings. The molecule has 0 aromatic heterocycles. The van der Waals surface area contributed by atoms with Crippen molar-refractivity contribution in [3.63, 3.8) is 0 Å². The smallest absolute Gasteiger partial charge is 0.305 e. The third-order valence-electron chi connectivity index (χ3n) is 3.91. The Balaban J connectivity index is 2.21. The maximum atomic E-state index is 12.5. The summed E-state index contributed by atoms with van der Waals surface area (Å²) in [6.07, 6.45) is -0.193. The number of hydrogen-bond acceptors (Lipinski definition) is 3. The van der Waals surface area contributed by atoms with Gasteiger partial charge in [0.2, 0.25) is 5.91 Å². The molecule has 0 heterocycles. The minimum absolute atomic E-state index is 0.00481. The highest BCUT2D eigenvalue weighted by atomic mass is 35.5. The first kappa shape index (κ1) is 18.8. The van der Waals surface area contributed by atoms with Gasteiger partial charge in [-0.3, -0.25) is 9.59 Å². The molecule has 1 unspecified atom stereocenters. The van der Waals surface area contributed by atoms with Crippen molar-refractivity contribution < 1.29 is 19.4 Å². The van der Waals surface area contributed by atoms with Crippen molar-refractivity contribution >= 4 is 23.5 Å². The van der Waals surface area contributed by atoms with Crippen molar-refractivity contribution in [2.45, 2.75) is 25.8 Å². The maximum Gasteiger partial charge on any atom is 0.305 e.